The molecule has 47 heavy (non-hydrogen) atoms. The van der Waals surface area contributed by atoms with E-state index in [2.05, 4.69) is 14.9 Å². The summed E-state index contributed by atoms with van der Waals surface area (Å²) in [6, 6.07) is 7.40. The van der Waals surface area contributed by atoms with Gasteiger partial charge in [-0.1, -0.05) is 12.1 Å². The number of imide groups is 1. The van der Waals surface area contributed by atoms with Crippen LogP contribution in [0, 0.1) is 5.82 Å². The van der Waals surface area contributed by atoms with E-state index in [9.17, 15) is 33.3 Å². The fourth-order valence-electron chi connectivity index (χ4n) is 6.76. The summed E-state index contributed by atoms with van der Waals surface area (Å²) in [5.41, 5.74) is 2.24. The number of carbonyl (C=O) groups excluding carboxylic acids is 4. The first-order chi connectivity index (χ1) is 22.6. The number of rotatable bonds is 6. The lowest BCUT2D eigenvalue weighted by molar-refractivity contribution is -0.136. The predicted octanol–water partition coefficient (Wildman–Crippen LogP) is 1.04. The summed E-state index contributed by atoms with van der Waals surface area (Å²) in [6.45, 7) is 1.63. The van der Waals surface area contributed by atoms with E-state index in [-0.39, 0.29) is 61.5 Å². The van der Waals surface area contributed by atoms with Crippen LogP contribution in [0.25, 0.3) is 16.7 Å². The molecule has 16 heteroatoms. The van der Waals surface area contributed by atoms with Crippen molar-refractivity contribution >= 4 is 57.2 Å². The molecule has 2 atom stereocenters. The van der Waals surface area contributed by atoms with Gasteiger partial charge in [0.2, 0.25) is 28.9 Å². The van der Waals surface area contributed by atoms with E-state index in [0.717, 1.165) is 22.7 Å². The van der Waals surface area contributed by atoms with E-state index >= 15 is 4.39 Å². The minimum atomic E-state index is -2.01. The minimum absolute atomic E-state index is 0.109. The van der Waals surface area contributed by atoms with E-state index in [4.69, 9.17) is 4.42 Å². The topological polar surface area (TPSA) is 174 Å². The highest BCUT2D eigenvalue weighted by molar-refractivity contribution is 7.85. The molecule has 2 aromatic carbocycles. The number of hydrogen-bond acceptors (Lipinski definition) is 9. The number of benzene rings is 2. The number of likely N-dealkylation sites (tertiary alicyclic amines) is 1. The Labute approximate surface area is 269 Å². The highest BCUT2D eigenvalue weighted by atomic mass is 32.2. The Balaban J connectivity index is 0.958. The summed E-state index contributed by atoms with van der Waals surface area (Å²) in [5, 5.41) is 12.6. The number of fused-ring (bicyclic) bond motifs is 1. The van der Waals surface area contributed by atoms with Gasteiger partial charge >= 0.3 is 5.76 Å². The molecule has 0 saturated carbocycles. The first-order valence-electron chi connectivity index (χ1n) is 15.3. The van der Waals surface area contributed by atoms with Gasteiger partial charge in [0.1, 0.15) is 24.0 Å². The Bertz CT molecular complexity index is 1950. The molecule has 7 rings (SSSR count). The molecule has 3 fully saturated rings. The molecule has 3 saturated heterocycles. The number of aromatic hydroxyl groups is 1. The van der Waals surface area contributed by atoms with Crippen LogP contribution in [-0.2, 0) is 30.3 Å². The van der Waals surface area contributed by atoms with Crippen LogP contribution in [-0.4, -0.2) is 86.6 Å². The average molecular weight is 667 g/mol. The van der Waals surface area contributed by atoms with Crippen LogP contribution in [0.3, 0.4) is 0 Å². The van der Waals surface area contributed by atoms with Gasteiger partial charge in [0.15, 0.2) is 11.4 Å². The van der Waals surface area contributed by atoms with Crippen LogP contribution in [0.2, 0.25) is 0 Å². The zero-order valence-corrected chi connectivity index (χ0v) is 25.9. The molecule has 14 nitrogen and oxygen atoms in total. The number of hydrogen-bond donors (Lipinski definition) is 3. The zero-order valence-electron chi connectivity index (χ0n) is 25.1. The van der Waals surface area contributed by atoms with Gasteiger partial charge in [0.05, 0.1) is 12.1 Å². The number of halogens is 1. The van der Waals surface area contributed by atoms with Gasteiger partial charge in [-0.2, -0.15) is 0 Å². The second-order valence-electron chi connectivity index (χ2n) is 12.1. The molecule has 3 N–H and O–H groups in total. The molecular formula is C31H31FN6O8S. The molecule has 5 heterocycles. The highest BCUT2D eigenvalue weighted by Gasteiger charge is 2.34. The molecule has 4 aliphatic heterocycles. The first-order valence-corrected chi connectivity index (χ1v) is 16.4. The lowest BCUT2D eigenvalue weighted by Crippen LogP contribution is -2.43. The standard InChI is InChI=1S/C31H31FN6O8S/c32-28-20(2-5-23(39)29(28)37-15-26(41)34-47(37)45)19-9-12-36(14-19)27(42)16-35-10-7-17(8-11-35)18-1-3-21-24(13-18)46-31(44)38(21)22-4-6-25(40)33-30(22)43/h1-3,5,9,13,17,22,39H,4,6-8,10-12,14-16H2,(H,34,41)(H,33,40,43). The molecular weight excluding hydrogens is 635 g/mol. The molecule has 246 valence electrons. The Morgan fingerprint density at radius 3 is 2.55 bits per heavy atom. The summed E-state index contributed by atoms with van der Waals surface area (Å²) in [7, 11) is 0. The van der Waals surface area contributed by atoms with Crippen molar-refractivity contribution in [1.82, 2.24) is 24.4 Å². The number of oxazole rings is 1. The van der Waals surface area contributed by atoms with E-state index in [1.165, 1.54) is 16.7 Å². The van der Waals surface area contributed by atoms with Crippen molar-refractivity contribution in [2.24, 2.45) is 0 Å². The number of piperidine rings is 2. The van der Waals surface area contributed by atoms with Gasteiger partial charge in [-0.3, -0.25) is 43.0 Å². The van der Waals surface area contributed by atoms with E-state index in [1.807, 2.05) is 12.1 Å². The van der Waals surface area contributed by atoms with E-state index < -0.39 is 46.4 Å². The molecule has 0 bridgehead atoms. The van der Waals surface area contributed by atoms with Crippen molar-refractivity contribution in [2.45, 2.75) is 37.6 Å². The van der Waals surface area contributed by atoms with Crippen molar-refractivity contribution in [3.05, 3.63) is 63.9 Å². The fourth-order valence-corrected chi connectivity index (χ4v) is 7.71. The molecule has 4 aliphatic rings. The normalized spacial score (nSPS) is 22.6. The number of nitrogens with one attached hydrogen (secondary N) is 2. The summed E-state index contributed by atoms with van der Waals surface area (Å²) in [6.07, 6.45) is 3.67. The van der Waals surface area contributed by atoms with Gasteiger partial charge in [0.25, 0.3) is 5.91 Å². The monoisotopic (exact) mass is 666 g/mol. The van der Waals surface area contributed by atoms with Crippen LogP contribution in [0.5, 0.6) is 5.75 Å². The highest BCUT2D eigenvalue weighted by Crippen LogP contribution is 2.38. The average Bonchev–Trinajstić information content (AvgIpc) is 3.74. The number of carbonyl (C=O) groups is 4. The second kappa shape index (κ2) is 12.1. The van der Waals surface area contributed by atoms with Crippen LogP contribution >= 0.6 is 0 Å². The molecule has 0 radical (unpaired) electrons. The summed E-state index contributed by atoms with van der Waals surface area (Å²) < 4.78 is 37.7. The third kappa shape index (κ3) is 5.71. The van der Waals surface area contributed by atoms with E-state index in [1.54, 1.807) is 17.0 Å². The molecule has 0 spiro atoms. The Hall–Kier alpha value is -4.83. The number of anilines is 1. The van der Waals surface area contributed by atoms with Crippen molar-refractivity contribution in [3.8, 4) is 5.75 Å². The maximum absolute atomic E-state index is 15.6. The first kappa shape index (κ1) is 30.8. The number of amides is 4. The largest absolute Gasteiger partial charge is 0.506 e. The van der Waals surface area contributed by atoms with E-state index in [0.29, 0.717) is 36.3 Å². The number of phenolic OH excluding ortho intramolecular Hbond substituents is 1. The fraction of sp³-hybridized carbons (Fsp3) is 0.387. The summed E-state index contributed by atoms with van der Waals surface area (Å²) in [4.78, 5) is 65.1. The molecule has 1 aromatic heterocycles. The Morgan fingerprint density at radius 1 is 1.04 bits per heavy atom. The lowest BCUT2D eigenvalue weighted by atomic mass is 9.89. The maximum Gasteiger partial charge on any atom is 0.420 e. The lowest BCUT2D eigenvalue weighted by Gasteiger charge is -2.32. The Morgan fingerprint density at radius 2 is 1.83 bits per heavy atom. The quantitative estimate of drug-likeness (QED) is 0.325. The van der Waals surface area contributed by atoms with Crippen molar-refractivity contribution < 1.29 is 37.3 Å². The number of aromatic nitrogens is 1. The van der Waals surface area contributed by atoms with Gasteiger partial charge < -0.3 is 14.4 Å². The van der Waals surface area contributed by atoms with Crippen LogP contribution in [0.15, 0.2) is 45.6 Å². The number of phenols is 1. The number of nitrogens with zero attached hydrogens (tertiary/aromatic N) is 4. The van der Waals surface area contributed by atoms with Crippen molar-refractivity contribution in [1.29, 1.82) is 0 Å². The molecule has 2 unspecified atom stereocenters. The second-order valence-corrected chi connectivity index (χ2v) is 13.2. The van der Waals surface area contributed by atoms with Crippen LogP contribution in [0.4, 0.5) is 10.1 Å². The summed E-state index contributed by atoms with van der Waals surface area (Å²) >= 11 is -2.01. The molecule has 4 amide bonds. The van der Waals surface area contributed by atoms with Crippen LogP contribution < -0.4 is 20.1 Å². The van der Waals surface area contributed by atoms with Gasteiger partial charge in [-0.05, 0) is 73.7 Å². The van der Waals surface area contributed by atoms with Crippen molar-refractivity contribution in [3.63, 3.8) is 0 Å². The molecule has 0 aliphatic carbocycles. The maximum atomic E-state index is 15.6. The van der Waals surface area contributed by atoms with Gasteiger partial charge in [0, 0.05) is 25.1 Å². The third-order valence-electron chi connectivity index (χ3n) is 9.23. The van der Waals surface area contributed by atoms with Crippen LogP contribution in [0.1, 0.15) is 48.8 Å². The minimum Gasteiger partial charge on any atom is -0.506 e. The van der Waals surface area contributed by atoms with Crippen molar-refractivity contribution in [2.75, 3.05) is 43.6 Å². The zero-order chi connectivity index (χ0) is 33.0. The Kier molecular flexibility index (Phi) is 7.91. The van der Waals surface area contributed by atoms with Gasteiger partial charge in [-0.25, -0.2) is 13.4 Å². The third-order valence-corrected chi connectivity index (χ3v) is 10.3. The van der Waals surface area contributed by atoms with Gasteiger partial charge in [-0.15, -0.1) is 0 Å². The molecule has 3 aromatic rings. The smallest absolute Gasteiger partial charge is 0.420 e. The summed E-state index contributed by atoms with van der Waals surface area (Å²) in [5.74, 6) is -3.27. The predicted molar refractivity (Wildman–Crippen MR) is 167 cm³/mol. The SMILES string of the molecule is O=C1CCC(n2c(=O)oc3cc(C4CCN(CC(=O)N5CC=C(c6ccc(O)c(N7CC(=O)NS7=O)c6F)C5)CC4)ccc32)C(=O)N1.